The highest BCUT2D eigenvalue weighted by Crippen LogP contribution is 2.28. The van der Waals surface area contributed by atoms with Gasteiger partial charge in [0.05, 0.1) is 23.3 Å². The van der Waals surface area contributed by atoms with Crippen LogP contribution < -0.4 is 0 Å². The zero-order chi connectivity index (χ0) is 12.0. The van der Waals surface area contributed by atoms with Gasteiger partial charge in [-0.3, -0.25) is 9.08 Å². The van der Waals surface area contributed by atoms with Crippen molar-refractivity contribution >= 4 is 29.4 Å². The lowest BCUT2D eigenvalue weighted by Gasteiger charge is -2.35. The Balaban J connectivity index is 0. The molecule has 0 radical (unpaired) electrons. The van der Waals surface area contributed by atoms with E-state index < -0.39 is 17.2 Å². The number of hydrogen-bond donors (Lipinski definition) is 2. The summed E-state index contributed by atoms with van der Waals surface area (Å²) in [6.45, 7) is 5.92. The van der Waals surface area contributed by atoms with E-state index in [1.54, 1.807) is 20.8 Å². The summed E-state index contributed by atoms with van der Waals surface area (Å²) >= 11 is 10.7. The van der Waals surface area contributed by atoms with Crippen molar-refractivity contribution in [3.63, 3.8) is 0 Å². The fourth-order valence-corrected chi connectivity index (χ4v) is 0.959. The predicted molar refractivity (Wildman–Crippen MR) is 55.7 cm³/mol. The fraction of sp³-hybridized carbons (Fsp3) is 0.875. The second-order valence-corrected chi connectivity index (χ2v) is 3.94. The largest absolute Gasteiger partial charge is 0.481 e. The third kappa shape index (κ3) is 6.43. The zero-order valence-corrected chi connectivity index (χ0v) is 10.2. The van der Waals surface area contributed by atoms with Crippen LogP contribution >= 0.6 is 23.5 Å². The molecule has 14 heavy (non-hydrogen) atoms. The van der Waals surface area contributed by atoms with Crippen LogP contribution in [0.4, 0.5) is 0 Å². The van der Waals surface area contributed by atoms with Gasteiger partial charge in [-0.05, 0) is 20.8 Å². The van der Waals surface area contributed by atoms with Crippen LogP contribution in [0.15, 0.2) is 0 Å². The Bertz CT molecular complexity index is 169. The quantitative estimate of drug-likeness (QED) is 0.748. The average Bonchev–Trinajstić information content (AvgIpc) is 2.00. The smallest absolute Gasteiger partial charge is 0.300 e. The maximum Gasteiger partial charge on any atom is 0.300 e. The van der Waals surface area contributed by atoms with Gasteiger partial charge in [0.2, 0.25) is 0 Å². The summed E-state index contributed by atoms with van der Waals surface area (Å²) in [5.74, 6) is -0.681. The zero-order valence-electron chi connectivity index (χ0n) is 8.67. The van der Waals surface area contributed by atoms with Gasteiger partial charge in [0.15, 0.2) is 0 Å². The number of carbonyl (C=O) groups is 1. The number of aliphatic hydroxyl groups is 1. The summed E-state index contributed by atoms with van der Waals surface area (Å²) in [6, 6.07) is 0. The number of carboxylic acid groups (broad SMARTS) is 1. The Morgan fingerprint density at radius 1 is 1.43 bits per heavy atom. The minimum Gasteiger partial charge on any atom is -0.481 e. The Hall–Kier alpha value is -0.0300. The monoisotopic (exact) mass is 246 g/mol. The Morgan fingerprint density at radius 3 is 1.71 bits per heavy atom. The molecule has 0 aromatic heterocycles. The number of rotatable bonds is 3. The van der Waals surface area contributed by atoms with Crippen molar-refractivity contribution < 1.29 is 19.3 Å². The van der Waals surface area contributed by atoms with Crippen molar-refractivity contribution in [1.29, 1.82) is 0 Å². The van der Waals surface area contributed by atoms with Gasteiger partial charge in [0, 0.05) is 6.92 Å². The van der Waals surface area contributed by atoms with Crippen molar-refractivity contribution in [2.24, 2.45) is 0 Å². The molecular formula is C8H16Cl2O4. The van der Waals surface area contributed by atoms with E-state index in [4.69, 9.17) is 33.4 Å². The summed E-state index contributed by atoms with van der Waals surface area (Å²) < 4.78 is 4.54. The molecule has 0 aliphatic heterocycles. The summed E-state index contributed by atoms with van der Waals surface area (Å²) in [5, 5.41) is 16.9. The highest BCUT2D eigenvalue weighted by molar-refractivity contribution is 6.19. The number of hydrogen-bond acceptors (Lipinski definition) is 3. The van der Waals surface area contributed by atoms with E-state index >= 15 is 0 Å². The van der Waals surface area contributed by atoms with Crippen LogP contribution in [0.5, 0.6) is 0 Å². The lowest BCUT2D eigenvalue weighted by molar-refractivity contribution is -0.134. The van der Waals surface area contributed by atoms with Gasteiger partial charge in [-0.1, -0.05) is 0 Å². The molecule has 0 spiro atoms. The molecule has 0 saturated carbocycles. The molecular weight excluding hydrogens is 231 g/mol. The average molecular weight is 247 g/mol. The first-order chi connectivity index (χ1) is 6.10. The van der Waals surface area contributed by atoms with Crippen molar-refractivity contribution in [2.45, 2.75) is 38.9 Å². The molecule has 86 valence electrons. The molecule has 1 atom stereocenters. The van der Waals surface area contributed by atoms with Crippen LogP contribution in [0.1, 0.15) is 27.7 Å². The number of aliphatic carboxylic acids is 1. The molecule has 0 aliphatic rings. The van der Waals surface area contributed by atoms with Gasteiger partial charge in [-0.15, -0.1) is 11.6 Å². The van der Waals surface area contributed by atoms with Crippen LogP contribution in [0.3, 0.4) is 0 Å². The van der Waals surface area contributed by atoms with E-state index in [2.05, 4.69) is 4.29 Å². The second-order valence-electron chi connectivity index (χ2n) is 3.52. The van der Waals surface area contributed by atoms with Crippen LogP contribution in [0.2, 0.25) is 0 Å². The fourth-order valence-electron chi connectivity index (χ4n) is 0.279. The van der Waals surface area contributed by atoms with Crippen LogP contribution in [-0.2, 0) is 9.08 Å². The molecule has 0 aromatic rings. The maximum atomic E-state index is 9.44. The molecule has 6 heteroatoms. The van der Waals surface area contributed by atoms with Gasteiger partial charge < -0.3 is 10.2 Å². The Kier molecular flexibility index (Phi) is 7.56. The molecule has 0 fully saturated rings. The van der Waals surface area contributed by atoms with E-state index in [1.165, 1.54) is 0 Å². The van der Waals surface area contributed by atoms with E-state index in [1.807, 2.05) is 0 Å². The lowest BCUT2D eigenvalue weighted by Crippen LogP contribution is -2.49. The molecule has 1 unspecified atom stereocenters. The molecule has 2 N–H and O–H groups in total. The van der Waals surface area contributed by atoms with Crippen molar-refractivity contribution in [1.82, 2.24) is 0 Å². The van der Waals surface area contributed by atoms with Gasteiger partial charge in [0.25, 0.3) is 5.97 Å². The number of alkyl halides is 1. The molecule has 0 saturated heterocycles. The predicted octanol–water partition coefficient (Wildman–Crippen LogP) is 2.02. The van der Waals surface area contributed by atoms with Gasteiger partial charge in [-0.2, -0.15) is 0 Å². The van der Waals surface area contributed by atoms with Crippen molar-refractivity contribution in [2.75, 3.05) is 5.88 Å². The van der Waals surface area contributed by atoms with E-state index in [-0.39, 0.29) is 5.88 Å². The molecule has 0 rings (SSSR count). The molecule has 0 amide bonds. The van der Waals surface area contributed by atoms with Gasteiger partial charge in [0.1, 0.15) is 5.60 Å². The first-order valence-electron chi connectivity index (χ1n) is 3.88. The van der Waals surface area contributed by atoms with Crippen LogP contribution in [-0.4, -0.2) is 33.3 Å². The highest BCUT2D eigenvalue weighted by Gasteiger charge is 2.40. The van der Waals surface area contributed by atoms with Crippen LogP contribution in [0, 0.1) is 0 Å². The topological polar surface area (TPSA) is 66.8 Å². The van der Waals surface area contributed by atoms with Crippen molar-refractivity contribution in [3.8, 4) is 0 Å². The minimum atomic E-state index is -1.03. The van der Waals surface area contributed by atoms with Gasteiger partial charge >= 0.3 is 0 Å². The third-order valence-corrected chi connectivity index (χ3v) is 2.57. The summed E-state index contributed by atoms with van der Waals surface area (Å²) in [7, 11) is 0. The Labute approximate surface area is 93.9 Å². The van der Waals surface area contributed by atoms with Crippen molar-refractivity contribution in [3.05, 3.63) is 0 Å². The normalized spacial score (nSPS) is 15.1. The first kappa shape index (κ1) is 16.4. The number of halogens is 2. The highest BCUT2D eigenvalue weighted by atomic mass is 35.5. The van der Waals surface area contributed by atoms with E-state index in [9.17, 15) is 5.11 Å². The standard InChI is InChI=1S/C6H12Cl2O2.C2H4O2/c1-5(2,9)6(3,4-7)10-8;1-2(3)4/h9H,4H2,1-3H3;1H3,(H,3,4). The molecule has 0 aromatic carbocycles. The van der Waals surface area contributed by atoms with E-state index in [0.717, 1.165) is 6.92 Å². The van der Waals surface area contributed by atoms with Gasteiger partial charge in [-0.25, -0.2) is 0 Å². The number of carboxylic acids is 1. The molecule has 0 aliphatic carbocycles. The Morgan fingerprint density at radius 2 is 1.71 bits per heavy atom. The summed E-state index contributed by atoms with van der Waals surface area (Å²) in [6.07, 6.45) is 0. The SMILES string of the molecule is CC(=O)O.CC(C)(O)C(C)(CCl)OCl. The molecule has 0 heterocycles. The lowest BCUT2D eigenvalue weighted by atomic mass is 9.90. The maximum absolute atomic E-state index is 9.44. The molecule has 0 bridgehead atoms. The minimum absolute atomic E-state index is 0.153. The summed E-state index contributed by atoms with van der Waals surface area (Å²) in [5.41, 5.74) is -1.92. The van der Waals surface area contributed by atoms with Crippen LogP contribution in [0.25, 0.3) is 0 Å². The summed E-state index contributed by atoms with van der Waals surface area (Å²) in [4.78, 5) is 9.00. The second kappa shape index (κ2) is 6.45. The first-order valence-corrected chi connectivity index (χ1v) is 4.72. The third-order valence-electron chi connectivity index (χ3n) is 1.72. The van der Waals surface area contributed by atoms with E-state index in [0.29, 0.717) is 0 Å². The molecule has 4 nitrogen and oxygen atoms in total.